The average Bonchev–Trinajstić information content (AvgIpc) is 2.33. The fourth-order valence-corrected chi connectivity index (χ4v) is 0.958. The molecule has 4 heteroatoms. The van der Waals surface area contributed by atoms with Gasteiger partial charge < -0.3 is 0 Å². The summed E-state index contributed by atoms with van der Waals surface area (Å²) in [6.45, 7) is 2.77. The number of hydrogen-bond donors (Lipinski definition) is 1. The highest BCUT2D eigenvalue weighted by Gasteiger charge is 2.06. The van der Waals surface area contributed by atoms with Crippen molar-refractivity contribution in [2.45, 2.75) is 13.5 Å². The minimum absolute atomic E-state index is 0.801. The van der Waals surface area contributed by atoms with Gasteiger partial charge in [0.15, 0.2) is 0 Å². The molecule has 0 aromatic carbocycles. The van der Waals surface area contributed by atoms with Gasteiger partial charge in [0.2, 0.25) is 0 Å². The lowest BCUT2D eigenvalue weighted by Gasteiger charge is -2.11. The highest BCUT2D eigenvalue weighted by Crippen LogP contribution is 2.09. The molecule has 1 aromatic rings. The molecule has 1 aliphatic rings. The minimum atomic E-state index is 0.801. The SMILES string of the molecule is CC1=NNc2ccnn2C1. The second-order valence-corrected chi connectivity index (χ2v) is 2.33. The zero-order valence-electron chi connectivity index (χ0n) is 5.70. The number of nitrogens with zero attached hydrogens (tertiary/aromatic N) is 3. The Morgan fingerprint density at radius 1 is 1.70 bits per heavy atom. The molecule has 2 rings (SSSR count). The number of hydrogen-bond acceptors (Lipinski definition) is 3. The molecule has 1 N–H and O–H groups in total. The van der Waals surface area contributed by atoms with Crippen LogP contribution in [0.15, 0.2) is 17.4 Å². The molecule has 0 unspecified atom stereocenters. The normalized spacial score (nSPS) is 15.5. The molecule has 0 bridgehead atoms. The highest BCUT2D eigenvalue weighted by atomic mass is 15.4. The Labute approximate surface area is 58.5 Å². The van der Waals surface area contributed by atoms with Crippen molar-refractivity contribution in [1.29, 1.82) is 0 Å². The van der Waals surface area contributed by atoms with Crippen molar-refractivity contribution in [3.8, 4) is 0 Å². The molecule has 0 saturated heterocycles. The van der Waals surface area contributed by atoms with Gasteiger partial charge in [0.25, 0.3) is 0 Å². The molecule has 0 fully saturated rings. The lowest BCUT2D eigenvalue weighted by Crippen LogP contribution is -2.17. The second-order valence-electron chi connectivity index (χ2n) is 2.33. The molecule has 4 nitrogen and oxygen atoms in total. The van der Waals surface area contributed by atoms with Gasteiger partial charge in [-0.15, -0.1) is 0 Å². The van der Waals surface area contributed by atoms with Crippen LogP contribution < -0.4 is 5.43 Å². The summed E-state index contributed by atoms with van der Waals surface area (Å²) in [5.74, 6) is 0.964. The lowest BCUT2D eigenvalue weighted by molar-refractivity contribution is 0.712. The highest BCUT2D eigenvalue weighted by molar-refractivity contribution is 5.83. The number of anilines is 1. The maximum absolute atomic E-state index is 4.08. The van der Waals surface area contributed by atoms with Crippen LogP contribution in [0.3, 0.4) is 0 Å². The largest absolute Gasteiger partial charge is 0.262 e. The van der Waals surface area contributed by atoms with E-state index >= 15 is 0 Å². The van der Waals surface area contributed by atoms with E-state index in [0.717, 1.165) is 18.1 Å². The Hall–Kier alpha value is -1.32. The predicted molar refractivity (Wildman–Crippen MR) is 39.0 cm³/mol. The standard InChI is InChI=1S/C6H8N4/c1-5-4-10-6(9-8-5)2-3-7-10/h2-3,9H,4H2,1H3. The van der Waals surface area contributed by atoms with Gasteiger partial charge >= 0.3 is 0 Å². The number of rotatable bonds is 0. The topological polar surface area (TPSA) is 42.2 Å². The number of aromatic nitrogens is 2. The van der Waals surface area contributed by atoms with Crippen molar-refractivity contribution >= 4 is 11.5 Å². The van der Waals surface area contributed by atoms with E-state index in [2.05, 4.69) is 15.6 Å². The molecular formula is C6H8N4. The van der Waals surface area contributed by atoms with E-state index in [1.807, 2.05) is 17.7 Å². The summed E-state index contributed by atoms with van der Waals surface area (Å²) in [5, 5.41) is 8.13. The number of hydrazone groups is 1. The monoisotopic (exact) mass is 136 g/mol. The van der Waals surface area contributed by atoms with E-state index in [1.165, 1.54) is 0 Å². The smallest absolute Gasteiger partial charge is 0.144 e. The van der Waals surface area contributed by atoms with E-state index in [4.69, 9.17) is 0 Å². The molecule has 52 valence electrons. The third-order valence-corrected chi connectivity index (χ3v) is 1.46. The first-order valence-corrected chi connectivity index (χ1v) is 3.17. The summed E-state index contributed by atoms with van der Waals surface area (Å²) < 4.78 is 1.88. The third-order valence-electron chi connectivity index (χ3n) is 1.46. The first-order valence-electron chi connectivity index (χ1n) is 3.17. The molecule has 0 atom stereocenters. The van der Waals surface area contributed by atoms with E-state index in [9.17, 15) is 0 Å². The Kier molecular flexibility index (Phi) is 1.00. The van der Waals surface area contributed by atoms with Gasteiger partial charge in [0.1, 0.15) is 5.82 Å². The average molecular weight is 136 g/mol. The van der Waals surface area contributed by atoms with Crippen LogP contribution in [0.25, 0.3) is 0 Å². The van der Waals surface area contributed by atoms with Crippen LogP contribution in [0.5, 0.6) is 0 Å². The summed E-state index contributed by atoms with van der Waals surface area (Å²) in [5.41, 5.74) is 3.93. The Balaban J connectivity index is 2.39. The summed E-state index contributed by atoms with van der Waals surface area (Å²) in [7, 11) is 0. The first-order chi connectivity index (χ1) is 4.86. The van der Waals surface area contributed by atoms with Gasteiger partial charge in [-0.25, -0.2) is 4.68 Å². The molecule has 0 aliphatic carbocycles. The second kappa shape index (κ2) is 1.83. The zero-order chi connectivity index (χ0) is 6.97. The fourth-order valence-electron chi connectivity index (χ4n) is 0.958. The summed E-state index contributed by atoms with van der Waals surface area (Å²) >= 11 is 0. The van der Waals surface area contributed by atoms with Crippen molar-refractivity contribution in [1.82, 2.24) is 9.78 Å². The third kappa shape index (κ3) is 0.689. The molecule has 10 heavy (non-hydrogen) atoms. The quantitative estimate of drug-likeness (QED) is 0.570. The van der Waals surface area contributed by atoms with Crippen LogP contribution >= 0.6 is 0 Å². The summed E-state index contributed by atoms with van der Waals surface area (Å²) in [6, 6.07) is 1.90. The van der Waals surface area contributed by atoms with E-state index in [1.54, 1.807) is 6.20 Å². The Morgan fingerprint density at radius 2 is 2.60 bits per heavy atom. The van der Waals surface area contributed by atoms with Crippen LogP contribution in [0, 0.1) is 0 Å². The van der Waals surface area contributed by atoms with Crippen molar-refractivity contribution in [2.24, 2.45) is 5.10 Å². The Morgan fingerprint density at radius 3 is 3.50 bits per heavy atom. The summed E-state index contributed by atoms with van der Waals surface area (Å²) in [4.78, 5) is 0. The minimum Gasteiger partial charge on any atom is -0.262 e. The number of fused-ring (bicyclic) bond motifs is 1. The van der Waals surface area contributed by atoms with Gasteiger partial charge in [0, 0.05) is 6.07 Å². The van der Waals surface area contributed by atoms with Crippen LogP contribution in [0.2, 0.25) is 0 Å². The fraction of sp³-hybridized carbons (Fsp3) is 0.333. The van der Waals surface area contributed by atoms with Crippen molar-refractivity contribution in [3.63, 3.8) is 0 Å². The van der Waals surface area contributed by atoms with Crippen molar-refractivity contribution in [3.05, 3.63) is 12.3 Å². The molecule has 1 aliphatic heterocycles. The number of nitrogens with one attached hydrogen (secondary N) is 1. The summed E-state index contributed by atoms with van der Waals surface area (Å²) in [6.07, 6.45) is 1.76. The maximum Gasteiger partial charge on any atom is 0.144 e. The van der Waals surface area contributed by atoms with Crippen LogP contribution in [-0.2, 0) is 6.54 Å². The molecule has 0 spiro atoms. The zero-order valence-corrected chi connectivity index (χ0v) is 5.70. The van der Waals surface area contributed by atoms with Crippen LogP contribution in [0.4, 0.5) is 5.82 Å². The van der Waals surface area contributed by atoms with E-state index < -0.39 is 0 Å². The van der Waals surface area contributed by atoms with E-state index in [0.29, 0.717) is 0 Å². The molecule has 2 heterocycles. The van der Waals surface area contributed by atoms with Gasteiger partial charge in [0.05, 0.1) is 18.5 Å². The van der Waals surface area contributed by atoms with Gasteiger partial charge in [-0.05, 0) is 6.92 Å². The predicted octanol–water partition coefficient (Wildman–Crippen LogP) is 0.684. The van der Waals surface area contributed by atoms with Gasteiger partial charge in [-0.3, -0.25) is 5.43 Å². The molecule has 0 saturated carbocycles. The maximum atomic E-state index is 4.08. The first kappa shape index (κ1) is 5.46. The lowest BCUT2D eigenvalue weighted by atomic mass is 10.4. The van der Waals surface area contributed by atoms with E-state index in [-0.39, 0.29) is 0 Å². The molecule has 1 aromatic heterocycles. The van der Waals surface area contributed by atoms with Crippen molar-refractivity contribution < 1.29 is 0 Å². The van der Waals surface area contributed by atoms with Gasteiger partial charge in [-0.1, -0.05) is 0 Å². The molecular weight excluding hydrogens is 128 g/mol. The van der Waals surface area contributed by atoms with Crippen molar-refractivity contribution in [2.75, 3.05) is 5.43 Å². The van der Waals surface area contributed by atoms with Crippen LogP contribution in [-0.4, -0.2) is 15.5 Å². The molecule has 0 radical (unpaired) electrons. The van der Waals surface area contributed by atoms with Crippen LogP contribution in [0.1, 0.15) is 6.92 Å². The molecule has 0 amide bonds. The Bertz CT molecular complexity index is 273. The van der Waals surface area contributed by atoms with Gasteiger partial charge in [-0.2, -0.15) is 10.2 Å².